The smallest absolute Gasteiger partial charge is 0.0874 e. The summed E-state index contributed by atoms with van der Waals surface area (Å²) in [4.78, 5) is 7.42. The highest BCUT2D eigenvalue weighted by molar-refractivity contribution is 5.69. The van der Waals surface area contributed by atoms with Gasteiger partial charge in [0.1, 0.15) is 0 Å². The Balaban J connectivity index is 2.01. The summed E-state index contributed by atoms with van der Waals surface area (Å²) >= 11 is 0. The predicted octanol–water partition coefficient (Wildman–Crippen LogP) is 1.57. The van der Waals surface area contributed by atoms with Gasteiger partial charge in [0.15, 0.2) is 0 Å². The molecule has 1 atom stereocenters. The zero-order valence-corrected chi connectivity index (χ0v) is 12.6. The van der Waals surface area contributed by atoms with Crippen LogP contribution in [0.25, 0.3) is 5.57 Å². The first-order valence-electron chi connectivity index (χ1n) is 8.07. The predicted molar refractivity (Wildman–Crippen MR) is 82.9 cm³/mol. The van der Waals surface area contributed by atoms with Crippen LogP contribution in [-0.2, 0) is 0 Å². The Kier molecular flexibility index (Phi) is 2.93. The van der Waals surface area contributed by atoms with Crippen LogP contribution in [-0.4, -0.2) is 29.7 Å². The van der Waals surface area contributed by atoms with E-state index in [1.807, 2.05) is 0 Å². The van der Waals surface area contributed by atoms with Crippen LogP contribution < -0.4 is 10.6 Å². The Morgan fingerprint density at radius 1 is 1.29 bits per heavy atom. The molecule has 3 heterocycles. The number of allylic oxidation sites excluding steroid dienone is 1. The first kappa shape index (κ1) is 13.1. The molecule has 3 nitrogen and oxygen atoms in total. The fourth-order valence-electron chi connectivity index (χ4n) is 4.25. The third kappa shape index (κ3) is 1.73. The highest BCUT2D eigenvalue weighted by Crippen LogP contribution is 2.47. The summed E-state index contributed by atoms with van der Waals surface area (Å²) in [6.07, 6.45) is 4.31. The Morgan fingerprint density at radius 3 is 2.95 bits per heavy atom. The van der Waals surface area contributed by atoms with Crippen LogP contribution in [0.1, 0.15) is 32.6 Å². The molecule has 0 bridgehead atoms. The number of nitrogens with zero attached hydrogens (tertiary/aromatic N) is 2. The molecule has 0 amide bonds. The van der Waals surface area contributed by atoms with Crippen LogP contribution in [0.5, 0.6) is 0 Å². The van der Waals surface area contributed by atoms with Gasteiger partial charge in [-0.25, -0.2) is 4.99 Å². The first-order chi connectivity index (χ1) is 10.3. The summed E-state index contributed by atoms with van der Waals surface area (Å²) in [5.41, 5.74) is 3.78. The number of benzene rings is 1. The molecular weight excluding hydrogens is 260 g/mol. The minimum absolute atomic E-state index is 0.0925. The molecule has 0 spiro atoms. The third-order valence-electron chi connectivity index (χ3n) is 5.48. The van der Waals surface area contributed by atoms with Crippen molar-refractivity contribution in [1.82, 2.24) is 4.90 Å². The second-order valence-corrected chi connectivity index (χ2v) is 6.44. The van der Waals surface area contributed by atoms with Crippen molar-refractivity contribution in [1.29, 1.82) is 0 Å². The van der Waals surface area contributed by atoms with Gasteiger partial charge in [-0.2, -0.15) is 0 Å². The van der Waals surface area contributed by atoms with E-state index in [1.165, 1.54) is 22.9 Å². The van der Waals surface area contributed by atoms with Crippen molar-refractivity contribution in [3.05, 3.63) is 46.2 Å². The summed E-state index contributed by atoms with van der Waals surface area (Å²) in [6, 6.07) is 8.45. The monoisotopic (exact) mass is 282 g/mol. The molecule has 3 heteroatoms. The van der Waals surface area contributed by atoms with Crippen molar-refractivity contribution in [2.24, 2.45) is 10.4 Å². The molecule has 110 valence electrons. The van der Waals surface area contributed by atoms with Crippen molar-refractivity contribution in [3.8, 4) is 0 Å². The van der Waals surface area contributed by atoms with Gasteiger partial charge in [0, 0.05) is 29.4 Å². The maximum Gasteiger partial charge on any atom is 0.0874 e. The minimum Gasteiger partial charge on any atom is -0.395 e. The average molecular weight is 282 g/mol. The van der Waals surface area contributed by atoms with E-state index >= 15 is 0 Å². The van der Waals surface area contributed by atoms with E-state index in [4.69, 9.17) is 4.99 Å². The van der Waals surface area contributed by atoms with E-state index in [0.717, 1.165) is 43.4 Å². The molecule has 1 saturated heterocycles. The zero-order valence-electron chi connectivity index (χ0n) is 12.6. The maximum absolute atomic E-state index is 10.1. The molecule has 1 aromatic carbocycles. The fourth-order valence-corrected chi connectivity index (χ4v) is 4.25. The lowest BCUT2D eigenvalue weighted by atomic mass is 9.72. The van der Waals surface area contributed by atoms with Crippen LogP contribution in [0.2, 0.25) is 0 Å². The van der Waals surface area contributed by atoms with E-state index in [-0.39, 0.29) is 12.0 Å². The van der Waals surface area contributed by atoms with E-state index in [9.17, 15) is 5.11 Å². The second-order valence-electron chi connectivity index (χ2n) is 6.44. The SMILES string of the molecule is CCC1(CO)CCCN2CCC3=c4ccccc4=NC3=C21. The summed E-state index contributed by atoms with van der Waals surface area (Å²) in [5.74, 6) is 0. The molecule has 0 aromatic heterocycles. The molecule has 0 radical (unpaired) electrons. The van der Waals surface area contributed by atoms with E-state index in [2.05, 4.69) is 36.1 Å². The average Bonchev–Trinajstić information content (AvgIpc) is 2.92. The van der Waals surface area contributed by atoms with Gasteiger partial charge in [-0.05, 0) is 37.3 Å². The van der Waals surface area contributed by atoms with Gasteiger partial charge in [0.25, 0.3) is 0 Å². The lowest BCUT2D eigenvalue weighted by molar-refractivity contribution is 0.0740. The van der Waals surface area contributed by atoms with Crippen molar-refractivity contribution in [3.63, 3.8) is 0 Å². The van der Waals surface area contributed by atoms with Gasteiger partial charge in [-0.1, -0.05) is 25.1 Å². The zero-order chi connectivity index (χ0) is 14.4. The van der Waals surface area contributed by atoms with E-state index < -0.39 is 0 Å². The van der Waals surface area contributed by atoms with Gasteiger partial charge in [0.05, 0.1) is 17.7 Å². The van der Waals surface area contributed by atoms with Gasteiger partial charge in [0.2, 0.25) is 0 Å². The summed E-state index contributed by atoms with van der Waals surface area (Å²) < 4.78 is 0. The van der Waals surface area contributed by atoms with E-state index in [1.54, 1.807) is 0 Å². The summed E-state index contributed by atoms with van der Waals surface area (Å²) in [5, 5.41) is 12.5. The lowest BCUT2D eigenvalue weighted by Crippen LogP contribution is -2.46. The molecule has 1 N–H and O–H groups in total. The maximum atomic E-state index is 10.1. The lowest BCUT2D eigenvalue weighted by Gasteiger charge is -2.48. The van der Waals surface area contributed by atoms with Crippen LogP contribution in [0.15, 0.2) is 40.7 Å². The fraction of sp³-hybridized carbons (Fsp3) is 0.500. The molecule has 0 saturated carbocycles. The Labute approximate surface area is 125 Å². The van der Waals surface area contributed by atoms with Crippen molar-refractivity contribution in [2.45, 2.75) is 32.6 Å². The molecule has 21 heavy (non-hydrogen) atoms. The van der Waals surface area contributed by atoms with Crippen LogP contribution >= 0.6 is 0 Å². The quantitative estimate of drug-likeness (QED) is 0.894. The molecule has 3 aliphatic rings. The highest BCUT2D eigenvalue weighted by atomic mass is 16.3. The van der Waals surface area contributed by atoms with Gasteiger partial charge in [-0.15, -0.1) is 0 Å². The Bertz CT molecular complexity index is 728. The number of aliphatic hydroxyl groups excluding tert-OH is 1. The summed E-state index contributed by atoms with van der Waals surface area (Å²) in [7, 11) is 0. The topological polar surface area (TPSA) is 35.8 Å². The summed E-state index contributed by atoms with van der Waals surface area (Å²) in [6.45, 7) is 4.61. The molecular formula is C18H22N2O. The number of rotatable bonds is 2. The molecule has 4 rings (SSSR count). The van der Waals surface area contributed by atoms with Crippen molar-refractivity contribution >= 4 is 5.57 Å². The Hall–Kier alpha value is -1.61. The minimum atomic E-state index is -0.0925. The largest absolute Gasteiger partial charge is 0.395 e. The molecule has 1 fully saturated rings. The number of hydrogen-bond acceptors (Lipinski definition) is 3. The van der Waals surface area contributed by atoms with Crippen LogP contribution in [0.3, 0.4) is 0 Å². The number of hydrogen-bond donors (Lipinski definition) is 1. The van der Waals surface area contributed by atoms with Crippen molar-refractivity contribution in [2.75, 3.05) is 19.7 Å². The standard InChI is InChI=1S/C18H22N2O/c1-2-18(12-21)9-5-10-20-11-8-14-13-6-3-4-7-15(13)19-16(14)17(18)20/h3-4,6-7,21H,2,5,8-12H2,1H3. The van der Waals surface area contributed by atoms with Gasteiger partial charge < -0.3 is 10.0 Å². The number of aliphatic hydroxyl groups is 1. The van der Waals surface area contributed by atoms with Crippen LogP contribution in [0.4, 0.5) is 0 Å². The van der Waals surface area contributed by atoms with Crippen LogP contribution in [0, 0.1) is 5.41 Å². The highest BCUT2D eigenvalue weighted by Gasteiger charge is 2.43. The van der Waals surface area contributed by atoms with Crippen molar-refractivity contribution < 1.29 is 5.11 Å². The molecule has 0 aliphatic carbocycles. The second kappa shape index (κ2) is 4.70. The number of piperidine rings is 1. The third-order valence-corrected chi connectivity index (χ3v) is 5.48. The number of fused-ring (bicyclic) bond motifs is 3. The number of para-hydroxylation sites is 1. The first-order valence-corrected chi connectivity index (χ1v) is 8.07. The normalized spacial score (nSPS) is 27.1. The van der Waals surface area contributed by atoms with Gasteiger partial charge >= 0.3 is 0 Å². The van der Waals surface area contributed by atoms with Gasteiger partial charge in [-0.3, -0.25) is 0 Å². The molecule has 1 unspecified atom stereocenters. The molecule has 3 aliphatic heterocycles. The Morgan fingerprint density at radius 2 is 2.14 bits per heavy atom. The molecule has 1 aromatic rings. The van der Waals surface area contributed by atoms with E-state index in [0.29, 0.717) is 0 Å².